The number of benzene rings is 2. The second-order valence-electron chi connectivity index (χ2n) is 7.58. The van der Waals surface area contributed by atoms with Gasteiger partial charge in [0.25, 0.3) is 0 Å². The van der Waals surface area contributed by atoms with Gasteiger partial charge in [-0.1, -0.05) is 29.8 Å². The van der Waals surface area contributed by atoms with Crippen molar-refractivity contribution >= 4 is 39.9 Å². The molecule has 1 aliphatic carbocycles. The number of fused-ring (bicyclic) bond motifs is 1. The Morgan fingerprint density at radius 3 is 2.66 bits per heavy atom. The quantitative estimate of drug-likeness (QED) is 0.552. The molecule has 2 aromatic carbocycles. The zero-order chi connectivity index (χ0) is 20.4. The van der Waals surface area contributed by atoms with Gasteiger partial charge in [-0.2, -0.15) is 5.10 Å². The van der Waals surface area contributed by atoms with Crippen LogP contribution < -0.4 is 5.32 Å². The highest BCUT2D eigenvalue weighted by Gasteiger charge is 2.29. The Hall–Kier alpha value is -2.73. The van der Waals surface area contributed by atoms with Crippen LogP contribution in [-0.4, -0.2) is 21.9 Å². The highest BCUT2D eigenvalue weighted by Crippen LogP contribution is 2.33. The molecule has 1 aliphatic rings. The minimum absolute atomic E-state index is 0.0356. The van der Waals surface area contributed by atoms with Gasteiger partial charge in [0.1, 0.15) is 11.5 Å². The number of amides is 1. The molecule has 4 rings (SSSR count). The Morgan fingerprint density at radius 2 is 1.90 bits per heavy atom. The third-order valence-electron chi connectivity index (χ3n) is 5.62. The summed E-state index contributed by atoms with van der Waals surface area (Å²) < 4.78 is 13.1. The van der Waals surface area contributed by atoms with Crippen LogP contribution in [0, 0.1) is 17.7 Å². The molecular formula is C22H21ClFN3O2. The van der Waals surface area contributed by atoms with Crippen molar-refractivity contribution in [1.82, 2.24) is 10.2 Å². The van der Waals surface area contributed by atoms with Crippen LogP contribution in [-0.2, 0) is 4.79 Å². The number of rotatable bonds is 5. The van der Waals surface area contributed by atoms with Gasteiger partial charge in [0.2, 0.25) is 5.91 Å². The monoisotopic (exact) mass is 413 g/mol. The van der Waals surface area contributed by atoms with E-state index in [4.69, 9.17) is 11.6 Å². The van der Waals surface area contributed by atoms with E-state index in [2.05, 4.69) is 15.5 Å². The van der Waals surface area contributed by atoms with E-state index in [1.807, 2.05) is 24.3 Å². The lowest BCUT2D eigenvalue weighted by atomic mass is 9.79. The maximum absolute atomic E-state index is 13.1. The topological polar surface area (TPSA) is 74.8 Å². The molecule has 1 saturated carbocycles. The Kier molecular flexibility index (Phi) is 5.62. The molecule has 2 N–H and O–H groups in total. The Balaban J connectivity index is 1.32. The SMILES string of the molecule is O=C(CC1CCC(C(=O)Nc2ccc(F)cc2Cl)CC1)c1n[nH]c2ccccc12. The Morgan fingerprint density at radius 1 is 1.14 bits per heavy atom. The maximum Gasteiger partial charge on any atom is 0.227 e. The fourth-order valence-electron chi connectivity index (χ4n) is 3.99. The molecule has 1 fully saturated rings. The van der Waals surface area contributed by atoms with E-state index in [9.17, 15) is 14.0 Å². The van der Waals surface area contributed by atoms with Crippen molar-refractivity contribution in [2.45, 2.75) is 32.1 Å². The van der Waals surface area contributed by atoms with E-state index >= 15 is 0 Å². The van der Waals surface area contributed by atoms with Crippen LogP contribution in [0.3, 0.4) is 0 Å². The molecule has 0 bridgehead atoms. The van der Waals surface area contributed by atoms with Crippen molar-refractivity contribution in [2.75, 3.05) is 5.32 Å². The first-order valence-electron chi connectivity index (χ1n) is 9.73. The number of nitrogens with zero attached hydrogens (tertiary/aromatic N) is 1. The first kappa shape index (κ1) is 19.6. The van der Waals surface area contributed by atoms with Crippen molar-refractivity contribution in [2.24, 2.45) is 11.8 Å². The van der Waals surface area contributed by atoms with Gasteiger partial charge in [-0.25, -0.2) is 4.39 Å². The van der Waals surface area contributed by atoms with Crippen molar-refractivity contribution in [3.05, 3.63) is 59.0 Å². The highest BCUT2D eigenvalue weighted by molar-refractivity contribution is 6.33. The summed E-state index contributed by atoms with van der Waals surface area (Å²) >= 11 is 5.98. The summed E-state index contributed by atoms with van der Waals surface area (Å²) in [6.45, 7) is 0. The normalized spacial score (nSPS) is 19.2. The zero-order valence-corrected chi connectivity index (χ0v) is 16.5. The van der Waals surface area contributed by atoms with E-state index in [0.29, 0.717) is 30.6 Å². The molecule has 1 amide bonds. The van der Waals surface area contributed by atoms with Crippen molar-refractivity contribution < 1.29 is 14.0 Å². The van der Waals surface area contributed by atoms with Gasteiger partial charge in [0, 0.05) is 17.7 Å². The molecule has 1 heterocycles. The van der Waals surface area contributed by atoms with Crippen LogP contribution in [0.15, 0.2) is 42.5 Å². The zero-order valence-electron chi connectivity index (χ0n) is 15.8. The fraction of sp³-hybridized carbons (Fsp3) is 0.318. The number of aromatic nitrogens is 2. The molecule has 5 nitrogen and oxygen atoms in total. The molecule has 0 saturated heterocycles. The molecule has 0 unspecified atom stereocenters. The van der Waals surface area contributed by atoms with E-state index in [1.165, 1.54) is 18.2 Å². The van der Waals surface area contributed by atoms with E-state index in [1.54, 1.807) is 0 Å². The number of hydrogen-bond acceptors (Lipinski definition) is 3. The highest BCUT2D eigenvalue weighted by atomic mass is 35.5. The van der Waals surface area contributed by atoms with Gasteiger partial charge < -0.3 is 5.32 Å². The van der Waals surface area contributed by atoms with E-state index in [-0.39, 0.29) is 28.5 Å². The molecule has 7 heteroatoms. The first-order valence-corrected chi connectivity index (χ1v) is 10.1. The minimum atomic E-state index is -0.442. The summed E-state index contributed by atoms with van der Waals surface area (Å²) in [5.74, 6) is -0.400. The number of carbonyl (C=O) groups is 2. The van der Waals surface area contributed by atoms with Crippen LogP contribution >= 0.6 is 11.6 Å². The molecular weight excluding hydrogens is 393 g/mol. The molecule has 0 spiro atoms. The number of anilines is 1. The van der Waals surface area contributed by atoms with Crippen LogP contribution in [0.25, 0.3) is 10.9 Å². The van der Waals surface area contributed by atoms with Crippen LogP contribution in [0.2, 0.25) is 5.02 Å². The standard InChI is InChI=1S/C22H21ClFN3O2/c23-17-12-15(24)9-10-19(17)25-22(29)14-7-5-13(6-8-14)11-20(28)21-16-3-1-2-4-18(16)26-27-21/h1-4,9-10,12-14H,5-8,11H2,(H,25,29)(H,26,27). The predicted molar refractivity (Wildman–Crippen MR) is 111 cm³/mol. The van der Waals surface area contributed by atoms with Gasteiger partial charge in [0.15, 0.2) is 5.78 Å². The average Bonchev–Trinajstić information content (AvgIpc) is 3.15. The summed E-state index contributed by atoms with van der Waals surface area (Å²) in [7, 11) is 0. The van der Waals surface area contributed by atoms with Gasteiger partial charge in [0.05, 0.1) is 16.2 Å². The molecule has 1 aromatic heterocycles. The van der Waals surface area contributed by atoms with Crippen LogP contribution in [0.1, 0.15) is 42.6 Å². The molecule has 0 atom stereocenters. The molecule has 0 aliphatic heterocycles. The van der Waals surface area contributed by atoms with Crippen molar-refractivity contribution in [3.63, 3.8) is 0 Å². The number of para-hydroxylation sites is 1. The summed E-state index contributed by atoms with van der Waals surface area (Å²) in [4.78, 5) is 25.2. The van der Waals surface area contributed by atoms with E-state index in [0.717, 1.165) is 23.7 Å². The minimum Gasteiger partial charge on any atom is -0.325 e. The number of aromatic amines is 1. The molecule has 3 aromatic rings. The van der Waals surface area contributed by atoms with Gasteiger partial charge in [-0.05, 0) is 55.9 Å². The van der Waals surface area contributed by atoms with Gasteiger partial charge in [-0.3, -0.25) is 14.7 Å². The van der Waals surface area contributed by atoms with Gasteiger partial charge in [-0.15, -0.1) is 0 Å². The van der Waals surface area contributed by atoms with Crippen molar-refractivity contribution in [3.8, 4) is 0 Å². The lowest BCUT2D eigenvalue weighted by Crippen LogP contribution is -2.28. The number of hydrogen-bond donors (Lipinski definition) is 2. The van der Waals surface area contributed by atoms with Crippen molar-refractivity contribution in [1.29, 1.82) is 0 Å². The summed E-state index contributed by atoms with van der Waals surface area (Å²) in [5.41, 5.74) is 1.77. The second kappa shape index (κ2) is 8.33. The summed E-state index contributed by atoms with van der Waals surface area (Å²) in [6, 6.07) is 11.5. The Bertz CT molecular complexity index is 1060. The number of Topliss-reactive ketones (excluding diaryl/α,β-unsaturated/α-hetero) is 1. The maximum atomic E-state index is 13.1. The third-order valence-corrected chi connectivity index (χ3v) is 5.93. The molecule has 150 valence electrons. The largest absolute Gasteiger partial charge is 0.325 e. The number of ketones is 1. The molecule has 0 radical (unpaired) electrons. The van der Waals surface area contributed by atoms with Crippen LogP contribution in [0.5, 0.6) is 0 Å². The lowest BCUT2D eigenvalue weighted by Gasteiger charge is -2.27. The lowest BCUT2D eigenvalue weighted by molar-refractivity contribution is -0.121. The average molecular weight is 414 g/mol. The second-order valence-corrected chi connectivity index (χ2v) is 7.98. The number of carbonyl (C=O) groups excluding carboxylic acids is 2. The number of nitrogens with one attached hydrogen (secondary N) is 2. The molecule has 29 heavy (non-hydrogen) atoms. The predicted octanol–water partition coefficient (Wildman–Crippen LogP) is 5.37. The summed E-state index contributed by atoms with van der Waals surface area (Å²) in [6.07, 6.45) is 3.48. The van der Waals surface area contributed by atoms with Gasteiger partial charge >= 0.3 is 0 Å². The third kappa shape index (κ3) is 4.32. The fourth-order valence-corrected chi connectivity index (χ4v) is 4.20. The van der Waals surface area contributed by atoms with E-state index < -0.39 is 5.82 Å². The first-order chi connectivity index (χ1) is 14.0. The number of halogens is 2. The smallest absolute Gasteiger partial charge is 0.227 e. The van der Waals surface area contributed by atoms with Crippen LogP contribution in [0.4, 0.5) is 10.1 Å². The summed E-state index contributed by atoms with van der Waals surface area (Å²) in [5, 5.41) is 10.9. The Labute approximate surface area is 172 Å². The number of H-pyrrole nitrogens is 1.